The average Bonchev–Trinajstić information content (AvgIpc) is 2.65. The Morgan fingerprint density at radius 2 is 2.04 bits per heavy atom. The van der Waals surface area contributed by atoms with Crippen LogP contribution in [0.3, 0.4) is 0 Å². The van der Waals surface area contributed by atoms with Crippen molar-refractivity contribution < 1.29 is 33.4 Å². The maximum Gasteiger partial charge on any atom is 0.509 e. The Kier molecular flexibility index (Phi) is 5.48. The number of rotatable bonds is 5. The zero-order chi connectivity index (χ0) is 18.7. The van der Waals surface area contributed by atoms with Crippen molar-refractivity contribution in [3.8, 4) is 0 Å². The van der Waals surface area contributed by atoms with Gasteiger partial charge in [0.1, 0.15) is 6.54 Å². The van der Waals surface area contributed by atoms with Gasteiger partial charge in [0.25, 0.3) is 0 Å². The number of likely N-dealkylation sites (N-methyl/N-ethyl adjacent to an activating group) is 1. The minimum absolute atomic E-state index is 0.143. The number of nitrogens with zero attached hydrogens (tertiary/aromatic N) is 1. The Bertz CT molecular complexity index is 668. The predicted octanol–water partition coefficient (Wildman–Crippen LogP) is 1.90. The molecule has 3 aliphatic rings. The van der Waals surface area contributed by atoms with Crippen LogP contribution in [-0.4, -0.2) is 68.2 Å². The van der Waals surface area contributed by atoms with Gasteiger partial charge in [-0.3, -0.25) is 0 Å². The molecule has 2 unspecified atom stereocenters. The molecule has 1 aromatic rings. The summed E-state index contributed by atoms with van der Waals surface area (Å²) in [6.07, 6.45) is 0.296. The van der Waals surface area contributed by atoms with Crippen LogP contribution in [0.15, 0.2) is 24.3 Å². The van der Waals surface area contributed by atoms with E-state index in [-0.39, 0.29) is 6.10 Å². The lowest BCUT2D eigenvalue weighted by Gasteiger charge is -2.49. The summed E-state index contributed by atoms with van der Waals surface area (Å²) >= 11 is 0. The molecule has 0 spiro atoms. The van der Waals surface area contributed by atoms with Crippen molar-refractivity contribution in [2.45, 2.75) is 25.0 Å². The molecule has 26 heavy (non-hydrogen) atoms. The van der Waals surface area contributed by atoms with E-state index in [2.05, 4.69) is 11.8 Å². The average molecular weight is 364 g/mol. The Hall–Kier alpha value is -2.12. The van der Waals surface area contributed by atoms with Crippen LogP contribution >= 0.6 is 0 Å². The van der Waals surface area contributed by atoms with Gasteiger partial charge >= 0.3 is 12.1 Å². The van der Waals surface area contributed by atoms with Gasteiger partial charge in [-0.2, -0.15) is 0 Å². The molecule has 0 saturated carbocycles. The van der Waals surface area contributed by atoms with E-state index in [1.165, 1.54) is 7.11 Å². The second-order valence-electron chi connectivity index (χ2n) is 7.40. The van der Waals surface area contributed by atoms with Crippen LogP contribution in [-0.2, 0) is 14.2 Å². The molecule has 3 heterocycles. The van der Waals surface area contributed by atoms with Crippen molar-refractivity contribution in [2.24, 2.45) is 5.92 Å². The normalized spacial score (nSPS) is 28.3. The number of esters is 1. The van der Waals surface area contributed by atoms with Crippen LogP contribution in [0, 0.1) is 5.92 Å². The summed E-state index contributed by atoms with van der Waals surface area (Å²) in [6, 6.07) is 6.47. The van der Waals surface area contributed by atoms with Crippen molar-refractivity contribution in [3.05, 3.63) is 35.4 Å². The summed E-state index contributed by atoms with van der Waals surface area (Å²) in [4.78, 5) is 23.9. The quantitative estimate of drug-likeness (QED) is 0.635. The van der Waals surface area contributed by atoms with Crippen LogP contribution in [0.5, 0.6) is 0 Å². The number of fused-ring (bicyclic) bond motifs is 3. The summed E-state index contributed by atoms with van der Waals surface area (Å²) in [5, 5.41) is 9.62. The highest BCUT2D eigenvalue weighted by atomic mass is 16.7. The third-order valence-electron chi connectivity index (χ3n) is 5.56. The minimum Gasteiger partial charge on any atom is -0.465 e. The van der Waals surface area contributed by atoms with Crippen LogP contribution in [0.25, 0.3) is 0 Å². The molecule has 4 rings (SSSR count). The Morgan fingerprint density at radius 3 is 2.65 bits per heavy atom. The molecule has 1 aromatic carbocycles. The highest BCUT2D eigenvalue weighted by molar-refractivity contribution is 5.89. The fourth-order valence-corrected chi connectivity index (χ4v) is 3.94. The van der Waals surface area contributed by atoms with Crippen molar-refractivity contribution in [3.63, 3.8) is 0 Å². The monoisotopic (exact) mass is 364 g/mol. The molecular formula is C19H26NO6+. The zero-order valence-electron chi connectivity index (χ0n) is 15.2. The summed E-state index contributed by atoms with van der Waals surface area (Å²) in [5.74, 6) is -0.104. The van der Waals surface area contributed by atoms with Gasteiger partial charge in [0.2, 0.25) is 0 Å². The highest BCUT2D eigenvalue weighted by Gasteiger charge is 2.45. The number of methoxy groups -OCH3 is 1. The minimum atomic E-state index is -0.891. The highest BCUT2D eigenvalue weighted by Crippen LogP contribution is 2.34. The molecule has 0 amide bonds. The van der Waals surface area contributed by atoms with Gasteiger partial charge < -0.3 is 23.8 Å². The summed E-state index contributed by atoms with van der Waals surface area (Å²) in [5.41, 5.74) is 0.843. The molecular weight excluding hydrogens is 338 g/mol. The van der Waals surface area contributed by atoms with E-state index in [0.717, 1.165) is 37.0 Å². The lowest BCUT2D eigenvalue weighted by Crippen LogP contribution is -2.62. The summed E-state index contributed by atoms with van der Waals surface area (Å²) < 4.78 is 16.5. The molecule has 142 valence electrons. The van der Waals surface area contributed by atoms with E-state index in [1.807, 2.05) is 0 Å². The van der Waals surface area contributed by atoms with E-state index < -0.39 is 24.8 Å². The van der Waals surface area contributed by atoms with Crippen molar-refractivity contribution in [1.82, 2.24) is 0 Å². The second-order valence-corrected chi connectivity index (χ2v) is 7.40. The van der Waals surface area contributed by atoms with E-state index in [4.69, 9.17) is 9.47 Å². The van der Waals surface area contributed by atoms with Gasteiger partial charge in [-0.1, -0.05) is 12.1 Å². The predicted molar refractivity (Wildman–Crippen MR) is 92.5 cm³/mol. The smallest absolute Gasteiger partial charge is 0.465 e. The van der Waals surface area contributed by atoms with Crippen LogP contribution in [0.1, 0.15) is 34.9 Å². The van der Waals surface area contributed by atoms with Gasteiger partial charge in [0, 0.05) is 18.8 Å². The number of benzene rings is 1. The number of quaternary nitrogens is 1. The van der Waals surface area contributed by atoms with Gasteiger partial charge in [0.05, 0.1) is 39.4 Å². The van der Waals surface area contributed by atoms with E-state index in [9.17, 15) is 14.7 Å². The standard InChI is InChI=1S/C19H26NO6/c1-20-8-6-13(7-9-20)16(11-20)25-19(23)26-17(12-21)14-4-3-5-15(10-14)18(22)24-2/h3-5,10,13,16-17,21H,6-9,11-12H2,1-2H3/q+1. The maximum atomic E-state index is 12.3. The number of hydrogen-bond donors (Lipinski definition) is 1. The molecule has 0 aromatic heterocycles. The number of aliphatic hydroxyl groups is 1. The van der Waals surface area contributed by atoms with E-state index in [1.54, 1.807) is 24.3 Å². The largest absolute Gasteiger partial charge is 0.509 e. The Labute approximate surface area is 153 Å². The molecule has 0 radical (unpaired) electrons. The van der Waals surface area contributed by atoms with Crippen molar-refractivity contribution in [1.29, 1.82) is 0 Å². The first-order valence-corrected chi connectivity index (χ1v) is 8.94. The number of ether oxygens (including phenoxy) is 3. The fourth-order valence-electron chi connectivity index (χ4n) is 3.94. The summed E-state index contributed by atoms with van der Waals surface area (Å²) in [6.45, 7) is 2.65. The van der Waals surface area contributed by atoms with Gasteiger partial charge in [0.15, 0.2) is 12.2 Å². The first-order valence-electron chi connectivity index (χ1n) is 8.94. The third-order valence-corrected chi connectivity index (χ3v) is 5.56. The van der Waals surface area contributed by atoms with Crippen molar-refractivity contribution in [2.75, 3.05) is 40.4 Å². The number of piperidine rings is 3. The molecule has 7 heteroatoms. The molecule has 1 N–H and O–H groups in total. The SMILES string of the molecule is COC(=O)c1cccc(C(CO)OC(=O)OC2C[N+]3(C)CCC2CC3)c1. The molecule has 3 saturated heterocycles. The topological polar surface area (TPSA) is 82.1 Å². The molecule has 3 fully saturated rings. The number of carbonyl (C=O) groups is 2. The molecule has 3 aliphatic heterocycles. The lowest BCUT2D eigenvalue weighted by atomic mass is 9.84. The maximum absolute atomic E-state index is 12.3. The van der Waals surface area contributed by atoms with Gasteiger partial charge in [-0.25, -0.2) is 9.59 Å². The molecule has 2 atom stereocenters. The number of aliphatic hydroxyl groups excluding tert-OH is 1. The zero-order valence-corrected chi connectivity index (χ0v) is 15.2. The van der Waals surface area contributed by atoms with Crippen LogP contribution in [0.2, 0.25) is 0 Å². The third kappa shape index (κ3) is 3.99. The Morgan fingerprint density at radius 1 is 1.31 bits per heavy atom. The molecule has 2 bridgehead atoms. The van der Waals surface area contributed by atoms with Crippen LogP contribution in [0.4, 0.5) is 4.79 Å². The lowest BCUT2D eigenvalue weighted by molar-refractivity contribution is -0.928. The molecule has 7 nitrogen and oxygen atoms in total. The van der Waals surface area contributed by atoms with Crippen molar-refractivity contribution >= 4 is 12.1 Å². The number of hydrogen-bond acceptors (Lipinski definition) is 6. The van der Waals surface area contributed by atoms with E-state index in [0.29, 0.717) is 17.0 Å². The van der Waals surface area contributed by atoms with Crippen LogP contribution < -0.4 is 0 Å². The number of carbonyl (C=O) groups excluding carboxylic acids is 2. The van der Waals surface area contributed by atoms with E-state index >= 15 is 0 Å². The fraction of sp³-hybridized carbons (Fsp3) is 0.579. The summed E-state index contributed by atoms with van der Waals surface area (Å²) in [7, 11) is 3.48. The second kappa shape index (κ2) is 7.63. The van der Waals surface area contributed by atoms with Gasteiger partial charge in [-0.15, -0.1) is 0 Å². The Balaban J connectivity index is 1.63. The first kappa shape index (κ1) is 18.7. The molecule has 0 aliphatic carbocycles. The first-order chi connectivity index (χ1) is 12.4. The van der Waals surface area contributed by atoms with Gasteiger partial charge in [-0.05, 0) is 17.7 Å².